The van der Waals surface area contributed by atoms with Crippen LogP contribution in [0.2, 0.25) is 5.02 Å². The average Bonchev–Trinajstić information content (AvgIpc) is 3.40. The number of rotatable bonds is 8. The first-order valence-electron chi connectivity index (χ1n) is 14.0. The van der Waals surface area contributed by atoms with E-state index in [4.69, 9.17) is 11.6 Å². The lowest BCUT2D eigenvalue weighted by molar-refractivity contribution is -0.125. The molecule has 0 spiro atoms. The maximum Gasteiger partial charge on any atom is 0.267 e. The number of nitrogens with zero attached hydrogens (tertiary/aromatic N) is 4. The summed E-state index contributed by atoms with van der Waals surface area (Å²) in [6.45, 7) is 6.75. The van der Waals surface area contributed by atoms with Crippen molar-refractivity contribution < 1.29 is 22.8 Å². The fourth-order valence-electron chi connectivity index (χ4n) is 5.53. The van der Waals surface area contributed by atoms with Gasteiger partial charge in [0.15, 0.2) is 0 Å². The molecular formula is C29H33ClN6O5S2. The quantitative estimate of drug-likeness (QED) is 0.376. The van der Waals surface area contributed by atoms with Crippen LogP contribution in [-0.2, 0) is 19.6 Å². The van der Waals surface area contributed by atoms with E-state index in [0.29, 0.717) is 64.4 Å². The number of hydrogen-bond acceptors (Lipinski definition) is 8. The number of piperidine rings is 1. The molecule has 43 heavy (non-hydrogen) atoms. The van der Waals surface area contributed by atoms with Gasteiger partial charge in [0.2, 0.25) is 11.8 Å². The third kappa shape index (κ3) is 6.38. The van der Waals surface area contributed by atoms with Crippen LogP contribution in [0.5, 0.6) is 0 Å². The van der Waals surface area contributed by atoms with Crippen molar-refractivity contribution in [2.45, 2.75) is 57.4 Å². The van der Waals surface area contributed by atoms with Crippen LogP contribution in [0.25, 0.3) is 0 Å². The van der Waals surface area contributed by atoms with E-state index in [1.54, 1.807) is 51.1 Å². The van der Waals surface area contributed by atoms with E-state index in [2.05, 4.69) is 20.2 Å². The predicted octanol–water partition coefficient (Wildman–Crippen LogP) is 4.08. The van der Waals surface area contributed by atoms with Crippen LogP contribution < -0.4 is 14.9 Å². The fraction of sp³-hybridized carbons (Fsp3) is 0.414. The topological polar surface area (TPSA) is 142 Å². The molecule has 14 heteroatoms. The molecule has 1 unspecified atom stereocenters. The number of aryl methyl sites for hydroxylation is 3. The van der Waals surface area contributed by atoms with E-state index < -0.39 is 27.9 Å². The lowest BCUT2D eigenvalue weighted by Gasteiger charge is -2.37. The van der Waals surface area contributed by atoms with Gasteiger partial charge in [-0.25, -0.2) is 8.42 Å². The Hall–Kier alpha value is -3.55. The highest BCUT2D eigenvalue weighted by Crippen LogP contribution is 2.38. The molecule has 2 aromatic carbocycles. The zero-order valence-electron chi connectivity index (χ0n) is 24.1. The number of para-hydroxylation sites is 2. The smallest absolute Gasteiger partial charge is 0.267 e. The summed E-state index contributed by atoms with van der Waals surface area (Å²) in [5.41, 5.74) is 2.30. The normalized spacial score (nSPS) is 17.4. The fourth-order valence-corrected chi connectivity index (χ4v) is 8.30. The van der Waals surface area contributed by atoms with Crippen molar-refractivity contribution in [2.24, 2.45) is 5.92 Å². The molecule has 1 atom stereocenters. The Bertz CT molecular complexity index is 1670. The number of carbonyl (C=O) groups excluding carboxylic acids is 3. The molecule has 3 heterocycles. The Morgan fingerprint density at radius 3 is 2.53 bits per heavy atom. The van der Waals surface area contributed by atoms with Crippen LogP contribution in [0.3, 0.4) is 0 Å². The van der Waals surface area contributed by atoms with Crippen LogP contribution >= 0.6 is 23.1 Å². The molecular weight excluding hydrogens is 612 g/mol. The number of halogens is 1. The van der Waals surface area contributed by atoms with Gasteiger partial charge in [-0.05, 0) is 92.9 Å². The molecule has 1 aromatic heterocycles. The average molecular weight is 645 g/mol. The molecule has 3 amide bonds. The van der Waals surface area contributed by atoms with Crippen LogP contribution in [-0.4, -0.2) is 66.3 Å². The molecule has 0 saturated carbocycles. The second-order valence-electron chi connectivity index (χ2n) is 11.0. The van der Waals surface area contributed by atoms with E-state index in [1.807, 2.05) is 4.90 Å². The first kappa shape index (κ1) is 30.9. The summed E-state index contributed by atoms with van der Waals surface area (Å²) >= 11 is 7.34. The molecule has 2 aliphatic rings. The summed E-state index contributed by atoms with van der Waals surface area (Å²) in [7, 11) is -4.25. The van der Waals surface area contributed by atoms with Gasteiger partial charge in [0.05, 0.1) is 28.4 Å². The van der Waals surface area contributed by atoms with Gasteiger partial charge >= 0.3 is 0 Å². The molecule has 2 aliphatic heterocycles. The van der Waals surface area contributed by atoms with E-state index in [1.165, 1.54) is 6.07 Å². The van der Waals surface area contributed by atoms with Gasteiger partial charge in [-0.15, -0.1) is 5.10 Å². The number of nitrogens with one attached hydrogen (secondary N) is 2. The zero-order valence-corrected chi connectivity index (χ0v) is 26.5. The lowest BCUT2D eigenvalue weighted by atomic mass is 9.93. The first-order valence-corrected chi connectivity index (χ1v) is 16.6. The van der Waals surface area contributed by atoms with Crippen molar-refractivity contribution in [1.82, 2.24) is 19.8 Å². The van der Waals surface area contributed by atoms with Crippen molar-refractivity contribution in [1.29, 1.82) is 0 Å². The number of fused-ring (bicyclic) bond motifs is 1. The van der Waals surface area contributed by atoms with E-state index >= 15 is 0 Å². The second-order valence-corrected chi connectivity index (χ2v) is 13.9. The molecule has 2 N–H and O–H groups in total. The highest BCUT2D eigenvalue weighted by atomic mass is 35.5. The number of aromatic nitrogens is 2. The number of carbonyl (C=O) groups is 3. The van der Waals surface area contributed by atoms with Crippen LogP contribution in [0.1, 0.15) is 52.2 Å². The lowest BCUT2D eigenvalue weighted by Crippen LogP contribution is -2.53. The van der Waals surface area contributed by atoms with Gasteiger partial charge in [0, 0.05) is 24.7 Å². The molecule has 5 rings (SSSR count). The maximum atomic E-state index is 14.1. The van der Waals surface area contributed by atoms with E-state index in [0.717, 1.165) is 28.7 Å². The highest BCUT2D eigenvalue weighted by Gasteiger charge is 2.42. The molecule has 3 aromatic rings. The largest absolute Gasteiger partial charge is 0.356 e. The molecule has 0 radical (unpaired) electrons. The molecule has 1 fully saturated rings. The monoisotopic (exact) mass is 644 g/mol. The Kier molecular flexibility index (Phi) is 9.04. The summed E-state index contributed by atoms with van der Waals surface area (Å²) in [6, 6.07) is 8.41. The van der Waals surface area contributed by atoms with Gasteiger partial charge in [-0.3, -0.25) is 18.7 Å². The highest BCUT2D eigenvalue weighted by molar-refractivity contribution is 7.93. The predicted molar refractivity (Wildman–Crippen MR) is 165 cm³/mol. The number of hydrogen-bond donors (Lipinski definition) is 2. The number of likely N-dealkylation sites (tertiary alicyclic amines) is 1. The third-order valence-corrected chi connectivity index (χ3v) is 11.2. The van der Waals surface area contributed by atoms with Gasteiger partial charge in [0.1, 0.15) is 10.9 Å². The van der Waals surface area contributed by atoms with Gasteiger partial charge in [-0.2, -0.15) is 0 Å². The molecule has 228 valence electrons. The minimum atomic E-state index is -4.25. The summed E-state index contributed by atoms with van der Waals surface area (Å²) in [5, 5.41) is 9.98. The minimum Gasteiger partial charge on any atom is -0.356 e. The summed E-state index contributed by atoms with van der Waals surface area (Å²) in [5.74, 6) is -0.730. The number of benzene rings is 2. The van der Waals surface area contributed by atoms with Crippen molar-refractivity contribution in [3.63, 3.8) is 0 Å². The molecule has 11 nitrogen and oxygen atoms in total. The zero-order chi connectivity index (χ0) is 30.9. The van der Waals surface area contributed by atoms with Crippen molar-refractivity contribution in [3.05, 3.63) is 63.1 Å². The summed E-state index contributed by atoms with van der Waals surface area (Å²) < 4.78 is 33.1. The van der Waals surface area contributed by atoms with Crippen molar-refractivity contribution >= 4 is 62.3 Å². The van der Waals surface area contributed by atoms with Crippen LogP contribution in [0.4, 0.5) is 11.4 Å². The Labute approximate surface area is 259 Å². The van der Waals surface area contributed by atoms with E-state index in [9.17, 15) is 22.8 Å². The minimum absolute atomic E-state index is 0.0240. The first-order chi connectivity index (χ1) is 20.5. The molecule has 0 aliphatic carbocycles. The van der Waals surface area contributed by atoms with Crippen molar-refractivity contribution in [3.8, 4) is 0 Å². The second kappa shape index (κ2) is 12.6. The van der Waals surface area contributed by atoms with Gasteiger partial charge < -0.3 is 15.5 Å². The van der Waals surface area contributed by atoms with Gasteiger partial charge in [0.25, 0.3) is 15.9 Å². The number of amides is 3. The number of anilines is 2. The van der Waals surface area contributed by atoms with Crippen LogP contribution in [0.15, 0.2) is 41.3 Å². The third-order valence-electron chi connectivity index (χ3n) is 7.98. The maximum absolute atomic E-state index is 14.1. The van der Waals surface area contributed by atoms with Crippen LogP contribution in [0, 0.1) is 26.7 Å². The summed E-state index contributed by atoms with van der Waals surface area (Å²) in [6.07, 6.45) is 1.97. The van der Waals surface area contributed by atoms with E-state index in [-0.39, 0.29) is 22.9 Å². The van der Waals surface area contributed by atoms with Crippen molar-refractivity contribution in [2.75, 3.05) is 29.3 Å². The SMILES string of the molecule is Cc1cc(S(=O)(=O)N2c3ccccc3NC(=O)C2CC(=O)NCCC2CCN(C(=O)c3snnc3C)CC2)c(C)cc1Cl. The number of sulfonamides is 1. The Morgan fingerprint density at radius 1 is 1.12 bits per heavy atom. The summed E-state index contributed by atoms with van der Waals surface area (Å²) in [4.78, 5) is 41.5. The van der Waals surface area contributed by atoms with Gasteiger partial charge in [-0.1, -0.05) is 28.2 Å². The molecule has 1 saturated heterocycles. The Balaban J connectivity index is 1.24. The standard InChI is InChI=1S/C29H33ClN6O5S2/c1-17-15-25(18(2)14-21(17)30)43(40,41)36-23-7-5-4-6-22(23)32-28(38)24(36)16-26(37)31-11-8-20-9-12-35(13-10-20)29(39)27-19(3)33-34-42-27/h4-7,14-15,20,24H,8-13,16H2,1-3H3,(H,31,37)(H,32,38). The Morgan fingerprint density at radius 2 is 1.84 bits per heavy atom. The molecule has 0 bridgehead atoms.